The van der Waals surface area contributed by atoms with Crippen molar-refractivity contribution in [3.05, 3.63) is 35.4 Å². The summed E-state index contributed by atoms with van der Waals surface area (Å²) in [5, 5.41) is 0. The fraction of sp³-hybridized carbons (Fsp3) is 0.562. The number of amides is 1. The molecule has 1 aliphatic rings. The number of benzene rings is 1. The second-order valence-corrected chi connectivity index (χ2v) is 7.16. The summed E-state index contributed by atoms with van der Waals surface area (Å²) in [7, 11) is 0. The van der Waals surface area contributed by atoms with Crippen LogP contribution in [0.5, 0.6) is 0 Å². The summed E-state index contributed by atoms with van der Waals surface area (Å²) in [4.78, 5) is 13.5. The first-order valence-electron chi connectivity index (χ1n) is 7.46. The molecule has 1 aromatic carbocycles. The van der Waals surface area contributed by atoms with E-state index in [1.807, 2.05) is 0 Å². The van der Waals surface area contributed by atoms with Gasteiger partial charge in [-0.2, -0.15) is 0 Å². The minimum atomic E-state index is -1.41. The summed E-state index contributed by atoms with van der Waals surface area (Å²) >= 11 is 11.7. The molecule has 2 N–H and O–H groups in total. The Morgan fingerprint density at radius 1 is 1.19 bits per heavy atom. The highest BCUT2D eigenvalue weighted by Gasteiger charge is 2.30. The Kier molecular flexibility index (Phi) is 5.91. The van der Waals surface area contributed by atoms with Crippen molar-refractivity contribution >= 4 is 29.1 Å². The van der Waals surface area contributed by atoms with E-state index in [4.69, 9.17) is 28.9 Å². The van der Waals surface area contributed by atoms with Gasteiger partial charge in [0.05, 0.1) is 0 Å². The Balaban J connectivity index is 1.66. The molecule has 0 aromatic heterocycles. The number of nitrogens with two attached hydrogens (primary N) is 1. The molecule has 0 aliphatic carbocycles. The van der Waals surface area contributed by atoms with Gasteiger partial charge in [-0.1, -0.05) is 53.9 Å². The van der Waals surface area contributed by atoms with Crippen LogP contribution in [0, 0.1) is 0 Å². The fourth-order valence-electron chi connectivity index (χ4n) is 2.73. The van der Waals surface area contributed by atoms with E-state index in [0.717, 1.165) is 45.3 Å². The number of unbranched alkanes of at least 4 members (excludes halogenated alkanes) is 2. The molecular formula is C16H22Cl2N2O. The molecule has 0 spiro atoms. The lowest BCUT2D eigenvalue weighted by atomic mass is 9.99. The van der Waals surface area contributed by atoms with Crippen LogP contribution in [0.4, 0.5) is 0 Å². The van der Waals surface area contributed by atoms with Gasteiger partial charge >= 0.3 is 0 Å². The maximum Gasteiger partial charge on any atom is 0.253 e. The van der Waals surface area contributed by atoms with Crippen molar-refractivity contribution < 1.29 is 4.79 Å². The first kappa shape index (κ1) is 16.6. The van der Waals surface area contributed by atoms with E-state index >= 15 is 0 Å². The number of carbonyl (C=O) groups excluding carboxylic acids is 1. The second-order valence-electron chi connectivity index (χ2n) is 5.67. The van der Waals surface area contributed by atoms with Crippen molar-refractivity contribution in [3.8, 4) is 0 Å². The summed E-state index contributed by atoms with van der Waals surface area (Å²) < 4.78 is -1.41. The van der Waals surface area contributed by atoms with E-state index in [-0.39, 0.29) is 0 Å². The fourth-order valence-corrected chi connectivity index (χ4v) is 2.99. The number of hydrogen-bond donors (Lipinski definition) is 1. The summed E-state index contributed by atoms with van der Waals surface area (Å²) in [5.41, 5.74) is 8.05. The minimum Gasteiger partial charge on any atom is -0.367 e. The molecule has 5 heteroatoms. The zero-order chi connectivity index (χ0) is 15.3. The molecule has 1 aromatic rings. The highest BCUT2D eigenvalue weighted by atomic mass is 35.5. The van der Waals surface area contributed by atoms with Gasteiger partial charge in [0.25, 0.3) is 5.91 Å². The molecule has 0 unspecified atom stereocenters. The normalized spacial score (nSPS) is 15.7. The Bertz CT molecular complexity index is 491. The second kappa shape index (κ2) is 7.48. The number of hydrogen-bond acceptors (Lipinski definition) is 2. The van der Waals surface area contributed by atoms with Crippen molar-refractivity contribution in [2.45, 2.75) is 43.0 Å². The van der Waals surface area contributed by atoms with E-state index in [2.05, 4.69) is 29.2 Å². The van der Waals surface area contributed by atoms with Crippen molar-refractivity contribution in [2.75, 3.05) is 13.1 Å². The first-order valence-corrected chi connectivity index (χ1v) is 8.21. The lowest BCUT2D eigenvalue weighted by molar-refractivity contribution is -0.118. The number of carbonyl (C=O) groups is 1. The molecule has 2 rings (SSSR count). The first-order chi connectivity index (χ1) is 9.99. The van der Waals surface area contributed by atoms with Crippen LogP contribution >= 0.6 is 23.2 Å². The van der Waals surface area contributed by atoms with Crippen LogP contribution in [-0.4, -0.2) is 28.2 Å². The number of fused-ring (bicyclic) bond motifs is 1. The van der Waals surface area contributed by atoms with Gasteiger partial charge in [-0.15, -0.1) is 0 Å². The third-order valence-corrected chi connectivity index (χ3v) is 4.79. The monoisotopic (exact) mass is 328 g/mol. The third-order valence-electron chi connectivity index (χ3n) is 4.04. The number of rotatable bonds is 7. The van der Waals surface area contributed by atoms with Crippen LogP contribution in [0.15, 0.2) is 24.3 Å². The minimum absolute atomic E-state index is 0.425. The predicted octanol–water partition coefficient (Wildman–Crippen LogP) is 3.26. The van der Waals surface area contributed by atoms with Gasteiger partial charge in [-0.3, -0.25) is 9.69 Å². The van der Waals surface area contributed by atoms with Gasteiger partial charge in [-0.05, 0) is 43.4 Å². The Hall–Kier alpha value is -0.770. The van der Waals surface area contributed by atoms with Gasteiger partial charge in [0.15, 0.2) is 4.33 Å². The van der Waals surface area contributed by atoms with Gasteiger partial charge in [0.2, 0.25) is 0 Å². The van der Waals surface area contributed by atoms with Gasteiger partial charge in [0.1, 0.15) is 0 Å². The van der Waals surface area contributed by atoms with E-state index in [1.54, 1.807) is 0 Å². The van der Waals surface area contributed by atoms with Crippen molar-refractivity contribution in [2.24, 2.45) is 5.73 Å². The number of nitrogens with zero attached hydrogens (tertiary/aromatic N) is 1. The molecule has 0 bridgehead atoms. The molecule has 116 valence electrons. The van der Waals surface area contributed by atoms with E-state index in [1.165, 1.54) is 11.1 Å². The lowest BCUT2D eigenvalue weighted by Gasteiger charge is -2.28. The van der Waals surface area contributed by atoms with Crippen LogP contribution in [-0.2, 0) is 17.8 Å². The Labute approximate surface area is 136 Å². The zero-order valence-corrected chi connectivity index (χ0v) is 13.7. The smallest absolute Gasteiger partial charge is 0.253 e. The van der Waals surface area contributed by atoms with Crippen molar-refractivity contribution in [1.29, 1.82) is 0 Å². The van der Waals surface area contributed by atoms with Crippen molar-refractivity contribution in [3.63, 3.8) is 0 Å². The maximum absolute atomic E-state index is 11.0. The van der Waals surface area contributed by atoms with E-state index in [9.17, 15) is 4.79 Å². The highest BCUT2D eigenvalue weighted by Crippen LogP contribution is 2.27. The third kappa shape index (κ3) is 4.87. The summed E-state index contributed by atoms with van der Waals surface area (Å²) in [6, 6.07) is 8.64. The topological polar surface area (TPSA) is 46.3 Å². The summed E-state index contributed by atoms with van der Waals surface area (Å²) in [6.07, 6.45) is 4.47. The number of primary amides is 1. The summed E-state index contributed by atoms with van der Waals surface area (Å²) in [6.45, 7) is 3.22. The molecule has 1 aliphatic heterocycles. The maximum atomic E-state index is 11.0. The van der Waals surface area contributed by atoms with E-state index in [0.29, 0.717) is 6.42 Å². The SMILES string of the molecule is NC(=O)C(Cl)(Cl)CCCCCN1CCc2ccccc2C1. The molecule has 3 nitrogen and oxygen atoms in total. The molecule has 0 atom stereocenters. The van der Waals surface area contributed by atoms with Crippen LogP contribution in [0.1, 0.15) is 36.8 Å². The van der Waals surface area contributed by atoms with Crippen LogP contribution in [0.3, 0.4) is 0 Å². The Morgan fingerprint density at radius 2 is 1.90 bits per heavy atom. The van der Waals surface area contributed by atoms with Crippen LogP contribution in [0.25, 0.3) is 0 Å². The van der Waals surface area contributed by atoms with Gasteiger partial charge in [0, 0.05) is 13.1 Å². The standard InChI is InChI=1S/C16H22Cl2N2O/c17-16(18,15(19)21)9-4-1-5-10-20-11-8-13-6-2-3-7-14(13)12-20/h2-3,6-7H,1,4-5,8-12H2,(H2,19,21). The molecule has 0 saturated carbocycles. The lowest BCUT2D eigenvalue weighted by Crippen LogP contribution is -2.33. The molecule has 0 saturated heterocycles. The average molecular weight is 329 g/mol. The largest absolute Gasteiger partial charge is 0.367 e. The number of halogens is 2. The molecule has 0 radical (unpaired) electrons. The molecule has 0 fully saturated rings. The van der Waals surface area contributed by atoms with Gasteiger partial charge in [-0.25, -0.2) is 0 Å². The summed E-state index contributed by atoms with van der Waals surface area (Å²) in [5.74, 6) is -0.654. The molecule has 1 amide bonds. The molecular weight excluding hydrogens is 307 g/mol. The quantitative estimate of drug-likeness (QED) is 0.616. The number of alkyl halides is 2. The zero-order valence-electron chi connectivity index (χ0n) is 12.2. The predicted molar refractivity (Wildman–Crippen MR) is 87.5 cm³/mol. The Morgan fingerprint density at radius 3 is 2.62 bits per heavy atom. The average Bonchev–Trinajstić information content (AvgIpc) is 2.46. The van der Waals surface area contributed by atoms with Gasteiger partial charge < -0.3 is 5.73 Å². The molecule has 21 heavy (non-hydrogen) atoms. The molecule has 1 heterocycles. The van der Waals surface area contributed by atoms with E-state index < -0.39 is 10.2 Å². The van der Waals surface area contributed by atoms with Crippen LogP contribution in [0.2, 0.25) is 0 Å². The van der Waals surface area contributed by atoms with Crippen molar-refractivity contribution in [1.82, 2.24) is 4.90 Å². The van der Waals surface area contributed by atoms with Crippen LogP contribution < -0.4 is 5.73 Å². The highest BCUT2D eigenvalue weighted by molar-refractivity contribution is 6.57.